The summed E-state index contributed by atoms with van der Waals surface area (Å²) in [6.07, 6.45) is 0.263. The molecule has 1 aliphatic rings. The molecule has 0 saturated heterocycles. The largest absolute Gasteiger partial charge is 0.454 e. The molecule has 0 N–H and O–H groups in total. The van der Waals surface area contributed by atoms with Gasteiger partial charge in [0.15, 0.2) is 7.37 Å². The van der Waals surface area contributed by atoms with Crippen molar-refractivity contribution in [3.8, 4) is 0 Å². The van der Waals surface area contributed by atoms with Crippen molar-refractivity contribution in [3.05, 3.63) is 35.4 Å². The van der Waals surface area contributed by atoms with Gasteiger partial charge in [0, 0.05) is 25.3 Å². The van der Waals surface area contributed by atoms with Crippen LogP contribution in [0, 0.1) is 0 Å². The molecule has 1 aromatic carbocycles. The molecule has 17 heavy (non-hydrogen) atoms. The molecule has 0 bridgehead atoms. The molecule has 1 unspecified atom stereocenters. The standard InChI is InChI=1S/C12H15O4P/c1-17(2,14)15-8-7-11-9-5-3-4-6-10(9)12(13)16-11/h3-6,11H,7-8H2,1-2H3. The molecule has 92 valence electrons. The number of esters is 1. The minimum absolute atomic E-state index is 0.273. The van der Waals surface area contributed by atoms with Gasteiger partial charge in [0.2, 0.25) is 0 Å². The van der Waals surface area contributed by atoms with Crippen LogP contribution in [0.5, 0.6) is 0 Å². The summed E-state index contributed by atoms with van der Waals surface area (Å²) in [4.78, 5) is 11.5. The fourth-order valence-electron chi connectivity index (χ4n) is 1.81. The first-order chi connectivity index (χ1) is 7.97. The summed E-state index contributed by atoms with van der Waals surface area (Å²) < 4.78 is 21.8. The molecular formula is C12H15O4P. The van der Waals surface area contributed by atoms with Crippen LogP contribution in [-0.2, 0) is 13.8 Å². The molecule has 1 heterocycles. The molecule has 0 aromatic heterocycles. The van der Waals surface area contributed by atoms with Gasteiger partial charge in [0.05, 0.1) is 12.2 Å². The predicted octanol–water partition coefficient (Wildman–Crippen LogP) is 2.84. The molecule has 1 aromatic rings. The quantitative estimate of drug-likeness (QED) is 0.612. The van der Waals surface area contributed by atoms with Crippen LogP contribution in [0.4, 0.5) is 0 Å². The van der Waals surface area contributed by atoms with Gasteiger partial charge in [0.1, 0.15) is 6.10 Å². The highest BCUT2D eigenvalue weighted by atomic mass is 31.2. The van der Waals surface area contributed by atoms with Crippen LogP contribution < -0.4 is 0 Å². The van der Waals surface area contributed by atoms with Gasteiger partial charge < -0.3 is 9.26 Å². The molecule has 5 heteroatoms. The Hall–Kier alpha value is -1.12. The molecule has 2 rings (SSSR count). The molecule has 0 radical (unpaired) electrons. The smallest absolute Gasteiger partial charge is 0.339 e. The maximum Gasteiger partial charge on any atom is 0.339 e. The van der Waals surface area contributed by atoms with Crippen LogP contribution in [-0.4, -0.2) is 25.9 Å². The zero-order valence-electron chi connectivity index (χ0n) is 9.88. The van der Waals surface area contributed by atoms with Crippen molar-refractivity contribution in [1.29, 1.82) is 0 Å². The van der Waals surface area contributed by atoms with Crippen molar-refractivity contribution < 1.29 is 18.6 Å². The van der Waals surface area contributed by atoms with E-state index in [1.54, 1.807) is 19.4 Å². The maximum absolute atomic E-state index is 11.5. The number of cyclic esters (lactones) is 1. The van der Waals surface area contributed by atoms with Crippen LogP contribution in [0.15, 0.2) is 24.3 Å². The highest BCUT2D eigenvalue weighted by Crippen LogP contribution is 2.39. The second-order valence-electron chi connectivity index (χ2n) is 4.36. The Labute approximate surface area is 100 Å². The summed E-state index contributed by atoms with van der Waals surface area (Å²) >= 11 is 0. The van der Waals surface area contributed by atoms with E-state index in [0.29, 0.717) is 18.6 Å². The Morgan fingerprint density at radius 2 is 2.06 bits per heavy atom. The highest BCUT2D eigenvalue weighted by Gasteiger charge is 2.30. The first kappa shape index (κ1) is 12.3. The van der Waals surface area contributed by atoms with Gasteiger partial charge >= 0.3 is 5.97 Å². The number of hydrogen-bond donors (Lipinski definition) is 0. The van der Waals surface area contributed by atoms with E-state index in [0.717, 1.165) is 5.56 Å². The normalized spacial score (nSPS) is 18.9. The Morgan fingerprint density at radius 1 is 1.35 bits per heavy atom. The summed E-state index contributed by atoms with van der Waals surface area (Å²) in [5.74, 6) is -0.290. The maximum atomic E-state index is 11.5. The van der Waals surface area contributed by atoms with Crippen LogP contribution in [0.25, 0.3) is 0 Å². The summed E-state index contributed by atoms with van der Waals surface area (Å²) in [7, 11) is -2.46. The Morgan fingerprint density at radius 3 is 2.76 bits per heavy atom. The molecule has 0 saturated carbocycles. The fourth-order valence-corrected chi connectivity index (χ4v) is 2.36. The van der Waals surface area contributed by atoms with E-state index < -0.39 is 7.37 Å². The summed E-state index contributed by atoms with van der Waals surface area (Å²) in [6, 6.07) is 7.32. The Balaban J connectivity index is 2.01. The summed E-state index contributed by atoms with van der Waals surface area (Å²) in [5, 5.41) is 0. The lowest BCUT2D eigenvalue weighted by Crippen LogP contribution is -2.03. The van der Waals surface area contributed by atoms with E-state index in [2.05, 4.69) is 0 Å². The van der Waals surface area contributed by atoms with Gasteiger partial charge in [-0.2, -0.15) is 0 Å². The van der Waals surface area contributed by atoms with E-state index >= 15 is 0 Å². The van der Waals surface area contributed by atoms with Gasteiger partial charge in [-0.3, -0.25) is 4.57 Å². The number of fused-ring (bicyclic) bond motifs is 1. The van der Waals surface area contributed by atoms with Crippen molar-refractivity contribution in [2.75, 3.05) is 19.9 Å². The minimum atomic E-state index is -2.46. The van der Waals surface area contributed by atoms with Gasteiger partial charge in [-0.15, -0.1) is 0 Å². The number of hydrogen-bond acceptors (Lipinski definition) is 4. The number of benzene rings is 1. The molecule has 0 aliphatic carbocycles. The van der Waals surface area contributed by atoms with Gasteiger partial charge in [-0.25, -0.2) is 4.79 Å². The highest BCUT2D eigenvalue weighted by molar-refractivity contribution is 7.57. The van der Waals surface area contributed by atoms with Crippen molar-refractivity contribution in [1.82, 2.24) is 0 Å². The number of rotatable bonds is 4. The van der Waals surface area contributed by atoms with E-state index in [1.165, 1.54) is 0 Å². The zero-order chi connectivity index (χ0) is 12.5. The van der Waals surface area contributed by atoms with E-state index in [-0.39, 0.29) is 12.1 Å². The number of ether oxygens (including phenoxy) is 1. The van der Waals surface area contributed by atoms with E-state index in [9.17, 15) is 9.36 Å². The monoisotopic (exact) mass is 254 g/mol. The average molecular weight is 254 g/mol. The van der Waals surface area contributed by atoms with Crippen LogP contribution >= 0.6 is 7.37 Å². The zero-order valence-corrected chi connectivity index (χ0v) is 10.8. The second kappa shape index (κ2) is 4.63. The van der Waals surface area contributed by atoms with Crippen molar-refractivity contribution in [2.24, 2.45) is 0 Å². The summed E-state index contributed by atoms with van der Waals surface area (Å²) in [5.41, 5.74) is 1.51. The lowest BCUT2D eigenvalue weighted by Gasteiger charge is -2.12. The molecule has 1 aliphatic heterocycles. The van der Waals surface area contributed by atoms with E-state index in [1.807, 2.05) is 18.2 Å². The van der Waals surface area contributed by atoms with Crippen molar-refractivity contribution in [3.63, 3.8) is 0 Å². The third-order valence-corrected chi connectivity index (χ3v) is 3.36. The third-order valence-electron chi connectivity index (χ3n) is 2.56. The number of carbonyl (C=O) groups excluding carboxylic acids is 1. The van der Waals surface area contributed by atoms with Crippen LogP contribution in [0.3, 0.4) is 0 Å². The predicted molar refractivity (Wildman–Crippen MR) is 64.6 cm³/mol. The average Bonchev–Trinajstić information content (AvgIpc) is 2.55. The fraction of sp³-hybridized carbons (Fsp3) is 0.417. The molecule has 1 atom stereocenters. The van der Waals surface area contributed by atoms with Crippen molar-refractivity contribution >= 4 is 13.3 Å². The molecule has 0 amide bonds. The molecule has 4 nitrogen and oxygen atoms in total. The Kier molecular flexibility index (Phi) is 3.36. The Bertz CT molecular complexity index is 477. The van der Waals surface area contributed by atoms with Crippen LogP contribution in [0.1, 0.15) is 28.4 Å². The minimum Gasteiger partial charge on any atom is -0.454 e. The van der Waals surface area contributed by atoms with Gasteiger partial charge in [-0.1, -0.05) is 18.2 Å². The van der Waals surface area contributed by atoms with Crippen LogP contribution in [0.2, 0.25) is 0 Å². The number of carbonyl (C=O) groups is 1. The summed E-state index contributed by atoms with van der Waals surface area (Å²) in [6.45, 7) is 3.47. The second-order valence-corrected chi connectivity index (χ2v) is 7.12. The lowest BCUT2D eigenvalue weighted by atomic mass is 10.0. The molecular weight excluding hydrogens is 239 g/mol. The van der Waals surface area contributed by atoms with E-state index in [4.69, 9.17) is 9.26 Å². The molecule has 0 spiro atoms. The first-order valence-corrected chi connectivity index (χ1v) is 7.99. The lowest BCUT2D eigenvalue weighted by molar-refractivity contribution is 0.0342. The first-order valence-electron chi connectivity index (χ1n) is 5.47. The van der Waals surface area contributed by atoms with Gasteiger partial charge in [0.25, 0.3) is 0 Å². The third kappa shape index (κ3) is 2.96. The topological polar surface area (TPSA) is 52.6 Å². The molecule has 0 fully saturated rings. The SMILES string of the molecule is CP(C)(=O)OCCC1OC(=O)c2ccccc21. The van der Waals surface area contributed by atoms with Crippen molar-refractivity contribution in [2.45, 2.75) is 12.5 Å². The van der Waals surface area contributed by atoms with Gasteiger partial charge in [-0.05, 0) is 6.07 Å².